The second kappa shape index (κ2) is 7.08. The largest absolute Gasteiger partial charge is 0.340 e. The van der Waals surface area contributed by atoms with Crippen molar-refractivity contribution in [2.75, 3.05) is 32.7 Å². The van der Waals surface area contributed by atoms with E-state index in [4.69, 9.17) is 0 Å². The third-order valence-corrected chi connectivity index (χ3v) is 3.26. The van der Waals surface area contributed by atoms with Crippen molar-refractivity contribution in [3.05, 3.63) is 0 Å². The number of rotatable bonds is 3. The molecule has 0 spiro atoms. The highest BCUT2D eigenvalue weighted by molar-refractivity contribution is 5.96. The minimum Gasteiger partial charge on any atom is -0.340 e. The summed E-state index contributed by atoms with van der Waals surface area (Å²) in [5.41, 5.74) is 0. The third-order valence-electron chi connectivity index (χ3n) is 3.26. The van der Waals surface area contributed by atoms with E-state index in [0.717, 1.165) is 0 Å². The van der Waals surface area contributed by atoms with Crippen LogP contribution >= 0.6 is 0 Å². The first-order valence-corrected chi connectivity index (χ1v) is 6.54. The van der Waals surface area contributed by atoms with Gasteiger partial charge in [0.15, 0.2) is 0 Å². The highest BCUT2D eigenvalue weighted by atomic mass is 16.2. The first-order chi connectivity index (χ1) is 8.95. The van der Waals surface area contributed by atoms with Crippen LogP contribution in [0.2, 0.25) is 0 Å². The molecule has 0 saturated carbocycles. The fourth-order valence-electron chi connectivity index (χ4n) is 2.01. The third kappa shape index (κ3) is 4.51. The molecule has 108 valence electrons. The second-order valence-corrected chi connectivity index (χ2v) is 4.57. The highest BCUT2D eigenvalue weighted by Gasteiger charge is 2.27. The van der Waals surface area contributed by atoms with Gasteiger partial charge in [0.05, 0.1) is 6.04 Å². The maximum absolute atomic E-state index is 11.8. The molecule has 7 nitrogen and oxygen atoms in total. The molecule has 0 aliphatic carbocycles. The molecule has 7 heteroatoms. The Hall–Kier alpha value is -1.63. The molecule has 1 heterocycles. The Kier molecular flexibility index (Phi) is 5.75. The number of hydrogen-bond donors (Lipinski definition) is 2. The van der Waals surface area contributed by atoms with Crippen LogP contribution in [0.4, 0.5) is 4.79 Å². The molecular weight excluding hydrogens is 248 g/mol. The van der Waals surface area contributed by atoms with Gasteiger partial charge in [-0.15, -0.1) is 0 Å². The minimum absolute atomic E-state index is 0.0547. The summed E-state index contributed by atoms with van der Waals surface area (Å²) in [6.07, 6.45) is 0. The van der Waals surface area contributed by atoms with Gasteiger partial charge < -0.3 is 10.2 Å². The number of amides is 4. The molecule has 0 aromatic carbocycles. The zero-order valence-electron chi connectivity index (χ0n) is 11.7. The number of carbonyl (C=O) groups excluding carboxylic acids is 3. The van der Waals surface area contributed by atoms with Gasteiger partial charge in [-0.3, -0.25) is 19.8 Å². The summed E-state index contributed by atoms with van der Waals surface area (Å²) in [5, 5.41) is 4.81. The van der Waals surface area contributed by atoms with E-state index < -0.39 is 6.03 Å². The summed E-state index contributed by atoms with van der Waals surface area (Å²) >= 11 is 0. The minimum atomic E-state index is -0.471. The smallest absolute Gasteiger partial charge is 0.321 e. The van der Waals surface area contributed by atoms with E-state index in [1.807, 2.05) is 4.90 Å². The Bertz CT molecular complexity index is 351. The Balaban J connectivity index is 2.42. The zero-order chi connectivity index (χ0) is 14.4. The molecule has 0 aromatic rings. The summed E-state index contributed by atoms with van der Waals surface area (Å²) in [6.45, 7) is 8.09. The van der Waals surface area contributed by atoms with Gasteiger partial charge in [0.25, 0.3) is 0 Å². The van der Waals surface area contributed by atoms with Gasteiger partial charge in [-0.05, 0) is 13.8 Å². The van der Waals surface area contributed by atoms with Crippen molar-refractivity contribution < 1.29 is 14.4 Å². The summed E-state index contributed by atoms with van der Waals surface area (Å²) in [7, 11) is 0. The van der Waals surface area contributed by atoms with Crippen LogP contribution < -0.4 is 10.6 Å². The van der Waals surface area contributed by atoms with Crippen LogP contribution in [0.15, 0.2) is 0 Å². The maximum Gasteiger partial charge on any atom is 0.321 e. The van der Waals surface area contributed by atoms with E-state index in [1.54, 1.807) is 25.7 Å². The van der Waals surface area contributed by atoms with Gasteiger partial charge in [0, 0.05) is 39.6 Å². The lowest BCUT2D eigenvalue weighted by atomic mass is 10.2. The zero-order valence-corrected chi connectivity index (χ0v) is 11.7. The van der Waals surface area contributed by atoms with Crippen molar-refractivity contribution in [3.63, 3.8) is 0 Å². The SMILES string of the molecule is CCNC(=O)NC(=O)C(C)N1CCN(C(C)=O)CC1. The van der Waals surface area contributed by atoms with E-state index in [2.05, 4.69) is 10.6 Å². The van der Waals surface area contributed by atoms with Crippen LogP contribution in [0.5, 0.6) is 0 Å². The van der Waals surface area contributed by atoms with Gasteiger partial charge in [-0.1, -0.05) is 0 Å². The predicted octanol–water partition coefficient (Wildman–Crippen LogP) is -0.615. The van der Waals surface area contributed by atoms with Crippen molar-refractivity contribution in [3.8, 4) is 0 Å². The number of piperazine rings is 1. The van der Waals surface area contributed by atoms with Crippen LogP contribution in [0.1, 0.15) is 20.8 Å². The molecule has 1 aliphatic rings. The van der Waals surface area contributed by atoms with Gasteiger partial charge in [-0.25, -0.2) is 4.79 Å². The lowest BCUT2D eigenvalue weighted by molar-refractivity contribution is -0.132. The summed E-state index contributed by atoms with van der Waals surface area (Å²) in [6, 6.07) is -0.849. The first-order valence-electron chi connectivity index (χ1n) is 6.54. The van der Waals surface area contributed by atoms with E-state index in [9.17, 15) is 14.4 Å². The van der Waals surface area contributed by atoms with Crippen LogP contribution in [0, 0.1) is 0 Å². The fourth-order valence-corrected chi connectivity index (χ4v) is 2.01. The lowest BCUT2D eigenvalue weighted by Gasteiger charge is -2.36. The van der Waals surface area contributed by atoms with Gasteiger partial charge >= 0.3 is 6.03 Å². The Morgan fingerprint density at radius 1 is 1.16 bits per heavy atom. The van der Waals surface area contributed by atoms with Crippen molar-refractivity contribution in [2.45, 2.75) is 26.8 Å². The standard InChI is InChI=1S/C12H22N4O3/c1-4-13-12(19)14-11(18)9(2)15-5-7-16(8-6-15)10(3)17/h9H,4-8H2,1-3H3,(H2,13,14,18,19). The van der Waals surface area contributed by atoms with Crippen molar-refractivity contribution in [1.29, 1.82) is 0 Å². The molecule has 1 unspecified atom stereocenters. The maximum atomic E-state index is 11.8. The molecule has 1 saturated heterocycles. The summed E-state index contributed by atoms with van der Waals surface area (Å²) < 4.78 is 0. The first kappa shape index (κ1) is 15.4. The van der Waals surface area contributed by atoms with Crippen LogP contribution in [-0.2, 0) is 9.59 Å². The number of carbonyl (C=O) groups is 3. The lowest BCUT2D eigenvalue weighted by Crippen LogP contribution is -2.56. The number of imide groups is 1. The number of nitrogens with zero attached hydrogens (tertiary/aromatic N) is 2. The Morgan fingerprint density at radius 2 is 1.74 bits per heavy atom. The quantitative estimate of drug-likeness (QED) is 0.716. The molecule has 1 fully saturated rings. The molecule has 4 amide bonds. The predicted molar refractivity (Wildman–Crippen MR) is 70.5 cm³/mol. The van der Waals surface area contributed by atoms with E-state index in [-0.39, 0.29) is 17.9 Å². The molecule has 0 radical (unpaired) electrons. The van der Waals surface area contributed by atoms with Gasteiger partial charge in [0.1, 0.15) is 0 Å². The second-order valence-electron chi connectivity index (χ2n) is 4.57. The summed E-state index contributed by atoms with van der Waals surface area (Å²) in [4.78, 5) is 38.0. The molecule has 0 aromatic heterocycles. The van der Waals surface area contributed by atoms with E-state index >= 15 is 0 Å². The molecule has 2 N–H and O–H groups in total. The van der Waals surface area contributed by atoms with E-state index in [1.165, 1.54) is 0 Å². The number of nitrogens with one attached hydrogen (secondary N) is 2. The molecule has 1 rings (SSSR count). The molecule has 1 atom stereocenters. The number of urea groups is 1. The Labute approximate surface area is 113 Å². The average Bonchev–Trinajstić information content (AvgIpc) is 2.38. The average molecular weight is 270 g/mol. The van der Waals surface area contributed by atoms with Crippen LogP contribution in [0.3, 0.4) is 0 Å². The molecule has 0 bridgehead atoms. The van der Waals surface area contributed by atoms with Crippen molar-refractivity contribution in [2.24, 2.45) is 0 Å². The molecular formula is C12H22N4O3. The van der Waals surface area contributed by atoms with Gasteiger partial charge in [-0.2, -0.15) is 0 Å². The van der Waals surface area contributed by atoms with E-state index in [0.29, 0.717) is 32.7 Å². The monoisotopic (exact) mass is 270 g/mol. The molecule has 19 heavy (non-hydrogen) atoms. The number of hydrogen-bond acceptors (Lipinski definition) is 4. The van der Waals surface area contributed by atoms with Gasteiger partial charge in [0.2, 0.25) is 11.8 Å². The van der Waals surface area contributed by atoms with Crippen molar-refractivity contribution >= 4 is 17.8 Å². The van der Waals surface area contributed by atoms with Crippen molar-refractivity contribution in [1.82, 2.24) is 20.4 Å². The van der Waals surface area contributed by atoms with Crippen LogP contribution in [0.25, 0.3) is 0 Å². The fraction of sp³-hybridized carbons (Fsp3) is 0.750. The Morgan fingerprint density at radius 3 is 2.21 bits per heavy atom. The highest BCUT2D eigenvalue weighted by Crippen LogP contribution is 2.06. The summed E-state index contributed by atoms with van der Waals surface area (Å²) in [5.74, 6) is -0.263. The van der Waals surface area contributed by atoms with Crippen LogP contribution in [-0.4, -0.2) is 66.4 Å². The normalized spacial score (nSPS) is 17.7. The molecule has 1 aliphatic heterocycles. The topological polar surface area (TPSA) is 81.8 Å².